The van der Waals surface area contributed by atoms with Crippen molar-refractivity contribution in [1.82, 2.24) is 34.6 Å². The molecule has 0 unspecified atom stereocenters. The number of nitrogens with one attached hydrogen (secondary N) is 2. The highest BCUT2D eigenvalue weighted by atomic mass is 16.2. The number of pyridine rings is 1. The number of piperazine rings is 1. The minimum atomic E-state index is -0.111. The summed E-state index contributed by atoms with van der Waals surface area (Å²) in [4.78, 5) is 43.0. The number of nitrogens with zero attached hydrogens (tertiary/aromatic N) is 6. The average Bonchev–Trinajstić information content (AvgIpc) is 3.48. The van der Waals surface area contributed by atoms with Gasteiger partial charge in [0.1, 0.15) is 17.2 Å². The van der Waals surface area contributed by atoms with Crippen LogP contribution in [0.3, 0.4) is 0 Å². The number of carbonyl (C=O) groups excluding carboxylic acids is 2. The normalized spacial score (nSPS) is 19.9. The van der Waals surface area contributed by atoms with Crippen LogP contribution in [-0.2, 0) is 5.54 Å². The number of hydrogen-bond donors (Lipinski definition) is 2. The van der Waals surface area contributed by atoms with Crippen molar-refractivity contribution in [2.45, 2.75) is 31.2 Å². The topological polar surface area (TPSA) is 108 Å². The number of fused-ring (bicyclic) bond motifs is 4. The van der Waals surface area contributed by atoms with Gasteiger partial charge in [0.15, 0.2) is 0 Å². The first-order chi connectivity index (χ1) is 16.5. The van der Waals surface area contributed by atoms with Gasteiger partial charge in [0, 0.05) is 50.5 Å². The third-order valence-electron chi connectivity index (χ3n) is 7.40. The van der Waals surface area contributed by atoms with Crippen LogP contribution in [-0.4, -0.2) is 80.9 Å². The minimum Gasteiger partial charge on any atom is -0.348 e. The Bertz CT molecular complexity index is 1250. The van der Waals surface area contributed by atoms with Gasteiger partial charge in [0.05, 0.1) is 11.1 Å². The third-order valence-corrected chi connectivity index (χ3v) is 7.40. The molecule has 0 bridgehead atoms. The lowest BCUT2D eigenvalue weighted by Crippen LogP contribution is -2.50. The van der Waals surface area contributed by atoms with Gasteiger partial charge in [0.25, 0.3) is 11.8 Å². The number of likely N-dealkylation sites (N-methyl/N-ethyl adjacent to an activating group) is 1. The maximum atomic E-state index is 12.8. The van der Waals surface area contributed by atoms with Crippen LogP contribution in [0.4, 0.5) is 11.8 Å². The van der Waals surface area contributed by atoms with E-state index in [-0.39, 0.29) is 17.4 Å². The van der Waals surface area contributed by atoms with Crippen molar-refractivity contribution >= 4 is 34.6 Å². The van der Waals surface area contributed by atoms with Gasteiger partial charge in [-0.05, 0) is 38.1 Å². The first kappa shape index (κ1) is 21.0. The summed E-state index contributed by atoms with van der Waals surface area (Å²) in [6, 6.07) is 5.44. The summed E-state index contributed by atoms with van der Waals surface area (Å²) in [7, 11) is 2.06. The average molecular weight is 461 g/mol. The summed E-state index contributed by atoms with van der Waals surface area (Å²) in [6.07, 6.45) is 7.70. The molecule has 2 fully saturated rings. The molecule has 10 heteroatoms. The van der Waals surface area contributed by atoms with Crippen molar-refractivity contribution in [1.29, 1.82) is 0 Å². The molecule has 0 atom stereocenters. The highest BCUT2D eigenvalue weighted by molar-refractivity contribution is 5.99. The van der Waals surface area contributed by atoms with Gasteiger partial charge >= 0.3 is 0 Å². The second-order valence-corrected chi connectivity index (χ2v) is 9.60. The fourth-order valence-electron chi connectivity index (χ4n) is 5.45. The third kappa shape index (κ3) is 3.49. The number of carbonyl (C=O) groups is 2. The van der Waals surface area contributed by atoms with E-state index in [1.165, 1.54) is 0 Å². The second kappa shape index (κ2) is 8.05. The summed E-state index contributed by atoms with van der Waals surface area (Å²) in [5.74, 6) is 0.920. The zero-order valence-electron chi connectivity index (χ0n) is 19.3. The number of hydrogen-bond acceptors (Lipinski definition) is 7. The quantitative estimate of drug-likeness (QED) is 0.615. The molecule has 1 spiro atoms. The van der Waals surface area contributed by atoms with Crippen molar-refractivity contribution < 1.29 is 9.59 Å². The predicted molar refractivity (Wildman–Crippen MR) is 127 cm³/mol. The lowest BCUT2D eigenvalue weighted by atomic mass is 9.94. The molecule has 0 aromatic carbocycles. The largest absolute Gasteiger partial charge is 0.348 e. The van der Waals surface area contributed by atoms with Crippen LogP contribution in [0.5, 0.6) is 0 Å². The van der Waals surface area contributed by atoms with Gasteiger partial charge in [0.2, 0.25) is 5.95 Å². The Hall–Kier alpha value is -3.53. The molecule has 10 nitrogen and oxygen atoms in total. The molecule has 6 rings (SSSR count). The van der Waals surface area contributed by atoms with Crippen LogP contribution in [0.1, 0.15) is 46.5 Å². The Kier molecular flexibility index (Phi) is 4.98. The highest BCUT2D eigenvalue weighted by Crippen LogP contribution is 2.41. The van der Waals surface area contributed by atoms with Crippen LogP contribution in [0, 0.1) is 0 Å². The molecule has 3 aliphatic rings. The summed E-state index contributed by atoms with van der Waals surface area (Å²) in [6.45, 7) is 3.85. The van der Waals surface area contributed by atoms with E-state index >= 15 is 0 Å². The molecule has 1 saturated carbocycles. The first-order valence-corrected chi connectivity index (χ1v) is 11.9. The van der Waals surface area contributed by atoms with E-state index in [1.54, 1.807) is 24.5 Å². The molecule has 3 aromatic heterocycles. The Morgan fingerprint density at radius 1 is 1.09 bits per heavy atom. The lowest BCUT2D eigenvalue weighted by Gasteiger charge is -2.37. The maximum absolute atomic E-state index is 12.8. The smallest absolute Gasteiger partial charge is 0.268 e. The predicted octanol–water partition coefficient (Wildman–Crippen LogP) is 1.97. The molecule has 1 saturated heterocycles. The zero-order valence-corrected chi connectivity index (χ0v) is 19.3. The summed E-state index contributed by atoms with van der Waals surface area (Å²) < 4.78 is 2.13. The molecule has 5 heterocycles. The van der Waals surface area contributed by atoms with E-state index in [0.717, 1.165) is 62.9 Å². The van der Waals surface area contributed by atoms with Gasteiger partial charge in [-0.1, -0.05) is 12.8 Å². The summed E-state index contributed by atoms with van der Waals surface area (Å²) >= 11 is 0. The van der Waals surface area contributed by atoms with Crippen LogP contribution >= 0.6 is 0 Å². The van der Waals surface area contributed by atoms with Crippen LogP contribution in [0.15, 0.2) is 30.6 Å². The van der Waals surface area contributed by atoms with Crippen molar-refractivity contribution in [2.24, 2.45) is 0 Å². The van der Waals surface area contributed by atoms with Crippen LogP contribution in [0.25, 0.3) is 11.0 Å². The highest BCUT2D eigenvalue weighted by Gasteiger charge is 2.42. The molecule has 3 aromatic rings. The van der Waals surface area contributed by atoms with Gasteiger partial charge in [-0.3, -0.25) is 9.59 Å². The van der Waals surface area contributed by atoms with E-state index in [4.69, 9.17) is 4.98 Å². The number of rotatable bonds is 3. The molecule has 34 heavy (non-hydrogen) atoms. The van der Waals surface area contributed by atoms with Gasteiger partial charge < -0.3 is 25.0 Å². The van der Waals surface area contributed by atoms with Crippen molar-refractivity contribution in [3.05, 3.63) is 41.9 Å². The van der Waals surface area contributed by atoms with E-state index in [1.807, 2.05) is 11.0 Å². The standard InChI is InChI=1S/C24H28N8O2/c1-30-8-10-31(11-9-30)22(34)16-4-5-19(25-13-16)28-23-26-14-17-12-18-21(33)27-15-24(6-2-3-7-24)32(18)20(17)29-23/h4-5,12-14H,2-3,6-11,15H2,1H3,(H,27,33)(H,25,26,28,29). The Balaban J connectivity index is 1.25. The Morgan fingerprint density at radius 3 is 2.62 bits per heavy atom. The SMILES string of the molecule is CN1CCN(C(=O)c2ccc(Nc3ncc4cc5n(c4n3)C3(CCCC3)CNC5=O)nc2)CC1. The van der Waals surface area contributed by atoms with Crippen LogP contribution < -0.4 is 10.6 Å². The number of anilines is 2. The summed E-state index contributed by atoms with van der Waals surface area (Å²) in [5, 5.41) is 7.07. The van der Waals surface area contributed by atoms with Crippen molar-refractivity contribution in [3.63, 3.8) is 0 Å². The first-order valence-electron chi connectivity index (χ1n) is 11.9. The number of aromatic nitrogens is 4. The van der Waals surface area contributed by atoms with Gasteiger partial charge in [-0.2, -0.15) is 4.98 Å². The molecular weight excluding hydrogens is 432 g/mol. The van der Waals surface area contributed by atoms with E-state index in [9.17, 15) is 9.59 Å². The minimum absolute atomic E-state index is 0.00442. The fourth-order valence-corrected chi connectivity index (χ4v) is 5.45. The zero-order chi connectivity index (χ0) is 23.3. The summed E-state index contributed by atoms with van der Waals surface area (Å²) in [5.41, 5.74) is 1.88. The van der Waals surface area contributed by atoms with Crippen molar-refractivity contribution in [3.8, 4) is 0 Å². The van der Waals surface area contributed by atoms with E-state index in [2.05, 4.69) is 37.1 Å². The fraction of sp³-hybridized carbons (Fsp3) is 0.458. The molecule has 2 aliphatic heterocycles. The maximum Gasteiger partial charge on any atom is 0.268 e. The van der Waals surface area contributed by atoms with Gasteiger partial charge in [-0.15, -0.1) is 0 Å². The monoisotopic (exact) mass is 460 g/mol. The van der Waals surface area contributed by atoms with E-state index < -0.39 is 0 Å². The molecule has 176 valence electrons. The Labute approximate surface area is 197 Å². The number of amides is 2. The molecule has 2 amide bonds. The Morgan fingerprint density at radius 2 is 1.88 bits per heavy atom. The molecule has 1 aliphatic carbocycles. The molecule has 2 N–H and O–H groups in total. The molecule has 0 radical (unpaired) electrons. The second-order valence-electron chi connectivity index (χ2n) is 9.60. The molecular formula is C24H28N8O2. The van der Waals surface area contributed by atoms with E-state index in [0.29, 0.717) is 29.6 Å². The van der Waals surface area contributed by atoms with Crippen molar-refractivity contribution in [2.75, 3.05) is 45.1 Å². The van der Waals surface area contributed by atoms with Gasteiger partial charge in [-0.25, -0.2) is 9.97 Å². The van der Waals surface area contributed by atoms with Crippen LogP contribution in [0.2, 0.25) is 0 Å². The lowest BCUT2D eigenvalue weighted by molar-refractivity contribution is 0.0663.